The van der Waals surface area contributed by atoms with Gasteiger partial charge in [0.15, 0.2) is 5.78 Å². The van der Waals surface area contributed by atoms with Crippen molar-refractivity contribution < 1.29 is 31.2 Å². The lowest BCUT2D eigenvalue weighted by atomic mass is 10.0. The summed E-state index contributed by atoms with van der Waals surface area (Å²) in [6.45, 7) is -0.818. The van der Waals surface area contributed by atoms with Crippen LogP contribution in [0.4, 0.5) is 24.5 Å². The molecule has 0 aliphatic carbocycles. The summed E-state index contributed by atoms with van der Waals surface area (Å²) >= 11 is 6.02. The Morgan fingerprint density at radius 1 is 0.971 bits per heavy atom. The Kier molecular flexibility index (Phi) is 7.32. The van der Waals surface area contributed by atoms with Gasteiger partial charge in [0.05, 0.1) is 23.2 Å². The van der Waals surface area contributed by atoms with Crippen LogP contribution in [0.2, 0.25) is 5.02 Å². The summed E-state index contributed by atoms with van der Waals surface area (Å²) in [7, 11) is -4.13. The Morgan fingerprint density at radius 3 is 2.26 bits per heavy atom. The number of sulfonamides is 1. The summed E-state index contributed by atoms with van der Waals surface area (Å²) in [6.07, 6.45) is -3.93. The number of carbonyl (C=O) groups excluding carboxylic acids is 2. The molecule has 3 aromatic carbocycles. The van der Waals surface area contributed by atoms with Crippen LogP contribution >= 0.6 is 11.6 Å². The monoisotopic (exact) mass is 510 g/mol. The zero-order valence-electron chi connectivity index (χ0n) is 17.6. The molecule has 0 unspecified atom stereocenters. The third kappa shape index (κ3) is 6.15. The maximum Gasteiger partial charge on any atom is 0.416 e. The van der Waals surface area contributed by atoms with Gasteiger partial charge in [-0.15, -0.1) is 0 Å². The van der Waals surface area contributed by atoms with E-state index in [1.807, 2.05) is 0 Å². The molecule has 0 atom stereocenters. The minimum Gasteiger partial charge on any atom is -0.324 e. The van der Waals surface area contributed by atoms with E-state index in [1.165, 1.54) is 18.2 Å². The van der Waals surface area contributed by atoms with E-state index in [0.29, 0.717) is 15.9 Å². The number of benzene rings is 3. The topological polar surface area (TPSA) is 83.6 Å². The van der Waals surface area contributed by atoms with Crippen LogP contribution in [0.5, 0.6) is 0 Å². The van der Waals surface area contributed by atoms with Crippen molar-refractivity contribution in [3.63, 3.8) is 0 Å². The molecule has 0 radical (unpaired) electrons. The average Bonchev–Trinajstić information content (AvgIpc) is 2.77. The molecule has 1 amide bonds. The van der Waals surface area contributed by atoms with Gasteiger partial charge in [0.2, 0.25) is 15.9 Å². The van der Waals surface area contributed by atoms with Gasteiger partial charge in [0, 0.05) is 16.1 Å². The van der Waals surface area contributed by atoms with E-state index in [0.717, 1.165) is 24.5 Å². The van der Waals surface area contributed by atoms with E-state index in [2.05, 4.69) is 5.32 Å². The number of rotatable bonds is 7. The van der Waals surface area contributed by atoms with Crippen molar-refractivity contribution in [2.75, 3.05) is 22.4 Å². The van der Waals surface area contributed by atoms with Gasteiger partial charge in [-0.25, -0.2) is 8.42 Å². The fourth-order valence-electron chi connectivity index (χ4n) is 3.12. The Bertz CT molecular complexity index is 1330. The van der Waals surface area contributed by atoms with Crippen molar-refractivity contribution in [1.82, 2.24) is 0 Å². The number of halogens is 4. The molecule has 0 bridgehead atoms. The number of amides is 1. The first-order valence-electron chi connectivity index (χ1n) is 9.70. The number of nitrogens with zero attached hydrogens (tertiary/aromatic N) is 1. The van der Waals surface area contributed by atoms with Crippen LogP contribution in [-0.2, 0) is 21.0 Å². The number of anilines is 2. The van der Waals surface area contributed by atoms with Gasteiger partial charge in [-0.2, -0.15) is 13.2 Å². The summed E-state index contributed by atoms with van der Waals surface area (Å²) < 4.78 is 64.3. The van der Waals surface area contributed by atoms with Crippen LogP contribution in [0.1, 0.15) is 21.5 Å². The number of hydrogen-bond donors (Lipinski definition) is 1. The Balaban J connectivity index is 1.90. The summed E-state index contributed by atoms with van der Waals surface area (Å²) in [4.78, 5) is 25.6. The minimum atomic E-state index is -4.70. The van der Waals surface area contributed by atoms with Crippen LogP contribution < -0.4 is 9.62 Å². The Morgan fingerprint density at radius 2 is 1.65 bits per heavy atom. The molecule has 3 aromatic rings. The molecule has 0 saturated carbocycles. The predicted molar refractivity (Wildman–Crippen MR) is 124 cm³/mol. The molecular weight excluding hydrogens is 493 g/mol. The SMILES string of the molecule is CS(=O)(=O)N(CC(=O)Nc1ccc(Cl)cc1C(=O)c1ccccc1)c1cccc(C(F)(F)F)c1. The second-order valence-electron chi connectivity index (χ2n) is 7.25. The van der Waals surface area contributed by atoms with Crippen LogP contribution in [0, 0.1) is 0 Å². The smallest absolute Gasteiger partial charge is 0.324 e. The normalized spacial score (nSPS) is 11.7. The minimum absolute atomic E-state index is 0.0667. The van der Waals surface area contributed by atoms with Gasteiger partial charge in [-0.1, -0.05) is 48.0 Å². The first-order chi connectivity index (χ1) is 15.9. The highest BCUT2D eigenvalue weighted by Crippen LogP contribution is 2.32. The van der Waals surface area contributed by atoms with E-state index in [1.54, 1.807) is 30.3 Å². The van der Waals surface area contributed by atoms with Crippen molar-refractivity contribution in [3.05, 3.63) is 94.5 Å². The Hall–Kier alpha value is -3.37. The van der Waals surface area contributed by atoms with Crippen LogP contribution in [0.3, 0.4) is 0 Å². The van der Waals surface area contributed by atoms with Crippen LogP contribution in [0.15, 0.2) is 72.8 Å². The van der Waals surface area contributed by atoms with Crippen molar-refractivity contribution >= 4 is 44.7 Å². The van der Waals surface area contributed by atoms with Crippen molar-refractivity contribution in [1.29, 1.82) is 0 Å². The zero-order chi connectivity index (χ0) is 25.1. The molecule has 6 nitrogen and oxygen atoms in total. The summed E-state index contributed by atoms with van der Waals surface area (Å²) in [5.74, 6) is -1.30. The van der Waals surface area contributed by atoms with Gasteiger partial charge >= 0.3 is 6.18 Å². The molecule has 3 rings (SSSR count). The highest BCUT2D eigenvalue weighted by molar-refractivity contribution is 7.92. The van der Waals surface area contributed by atoms with Crippen molar-refractivity contribution in [2.45, 2.75) is 6.18 Å². The molecule has 1 N–H and O–H groups in total. The van der Waals surface area contributed by atoms with Gasteiger partial charge in [0.25, 0.3) is 0 Å². The third-order valence-electron chi connectivity index (χ3n) is 4.69. The lowest BCUT2D eigenvalue weighted by Crippen LogP contribution is -2.37. The third-order valence-corrected chi connectivity index (χ3v) is 6.06. The fraction of sp³-hybridized carbons (Fsp3) is 0.130. The lowest BCUT2D eigenvalue weighted by Gasteiger charge is -2.23. The van der Waals surface area contributed by atoms with E-state index in [-0.39, 0.29) is 22.0 Å². The first kappa shape index (κ1) is 25.3. The van der Waals surface area contributed by atoms with Crippen molar-refractivity contribution in [3.8, 4) is 0 Å². The molecule has 0 aliphatic rings. The quantitative estimate of drug-likeness (QED) is 0.454. The molecule has 0 fully saturated rings. The number of hydrogen-bond acceptors (Lipinski definition) is 4. The van der Waals surface area contributed by atoms with Gasteiger partial charge in [0.1, 0.15) is 6.54 Å². The molecular formula is C23H18ClF3N2O4S. The highest BCUT2D eigenvalue weighted by Gasteiger charge is 2.32. The van der Waals surface area contributed by atoms with Crippen LogP contribution in [-0.4, -0.2) is 32.9 Å². The number of ketones is 1. The maximum absolute atomic E-state index is 13.1. The molecule has 178 valence electrons. The van der Waals surface area contributed by atoms with E-state index < -0.39 is 40.0 Å². The molecule has 0 saturated heterocycles. The second kappa shape index (κ2) is 9.86. The molecule has 11 heteroatoms. The average molecular weight is 511 g/mol. The van der Waals surface area contributed by atoms with E-state index in [4.69, 9.17) is 11.6 Å². The molecule has 0 heterocycles. The molecule has 34 heavy (non-hydrogen) atoms. The summed E-state index contributed by atoms with van der Waals surface area (Å²) in [5.41, 5.74) is -0.920. The van der Waals surface area contributed by atoms with Gasteiger partial charge in [-0.3, -0.25) is 13.9 Å². The van der Waals surface area contributed by atoms with Crippen LogP contribution in [0.25, 0.3) is 0 Å². The number of nitrogens with one attached hydrogen (secondary N) is 1. The molecule has 0 aromatic heterocycles. The number of carbonyl (C=O) groups is 2. The number of alkyl halides is 3. The largest absolute Gasteiger partial charge is 0.416 e. The Labute approximate surface area is 199 Å². The van der Waals surface area contributed by atoms with E-state index >= 15 is 0 Å². The van der Waals surface area contributed by atoms with Crippen molar-refractivity contribution in [2.24, 2.45) is 0 Å². The predicted octanol–water partition coefficient (Wildman–Crippen LogP) is 4.99. The maximum atomic E-state index is 13.1. The molecule has 0 spiro atoms. The van der Waals surface area contributed by atoms with Gasteiger partial charge < -0.3 is 5.32 Å². The molecule has 0 aliphatic heterocycles. The lowest BCUT2D eigenvalue weighted by molar-refractivity contribution is -0.137. The van der Waals surface area contributed by atoms with E-state index in [9.17, 15) is 31.2 Å². The summed E-state index contributed by atoms with van der Waals surface area (Å²) in [6, 6.07) is 16.0. The van der Waals surface area contributed by atoms with Gasteiger partial charge in [-0.05, 0) is 36.4 Å². The second-order valence-corrected chi connectivity index (χ2v) is 9.59. The first-order valence-corrected chi connectivity index (χ1v) is 11.9. The highest BCUT2D eigenvalue weighted by atomic mass is 35.5. The zero-order valence-corrected chi connectivity index (χ0v) is 19.2. The standard InChI is InChI=1S/C23H18ClF3N2O4S/c1-34(32,33)29(18-9-5-8-16(12-18)23(25,26)27)14-21(30)28-20-11-10-17(24)13-19(20)22(31)15-6-3-2-4-7-15/h2-13H,14H2,1H3,(H,28,30). The fourth-order valence-corrected chi connectivity index (χ4v) is 4.14. The summed E-state index contributed by atoms with van der Waals surface area (Å²) in [5, 5.41) is 2.69.